The Morgan fingerprint density at radius 1 is 0.882 bits per heavy atom. The van der Waals surface area contributed by atoms with Crippen LogP contribution >= 0.6 is 0 Å². The van der Waals surface area contributed by atoms with Crippen LogP contribution in [0.1, 0.15) is 17.0 Å². The lowest BCUT2D eigenvalue weighted by Gasteiger charge is -2.10. The average molecular weight is 468 g/mol. The molecule has 2 amide bonds. The zero-order valence-corrected chi connectivity index (χ0v) is 18.4. The maximum absolute atomic E-state index is 13.7. The Balaban J connectivity index is 1.38. The third-order valence-electron chi connectivity index (χ3n) is 5.11. The van der Waals surface area contributed by atoms with Crippen LogP contribution in [0.15, 0.2) is 48.5 Å². The van der Waals surface area contributed by atoms with Crippen molar-refractivity contribution in [2.45, 2.75) is 20.8 Å². The van der Waals surface area contributed by atoms with Gasteiger partial charge in [0.2, 0.25) is 5.88 Å². The number of rotatable bonds is 5. The van der Waals surface area contributed by atoms with E-state index in [9.17, 15) is 18.0 Å². The molecule has 2 aromatic heterocycles. The Hall–Kier alpha value is -4.41. The Bertz CT molecular complexity index is 1350. The molecule has 34 heavy (non-hydrogen) atoms. The monoisotopic (exact) mass is 468 g/mol. The van der Waals surface area contributed by atoms with Gasteiger partial charge in [0.1, 0.15) is 5.75 Å². The van der Waals surface area contributed by atoms with E-state index < -0.39 is 29.2 Å². The summed E-state index contributed by atoms with van der Waals surface area (Å²) in [4.78, 5) is 12.0. The van der Waals surface area contributed by atoms with Crippen LogP contribution in [-0.4, -0.2) is 26.0 Å². The maximum Gasteiger partial charge on any atom is 0.323 e. The van der Waals surface area contributed by atoms with Crippen molar-refractivity contribution < 1.29 is 22.7 Å². The van der Waals surface area contributed by atoms with Crippen LogP contribution in [0.3, 0.4) is 0 Å². The molecule has 0 saturated heterocycles. The first-order chi connectivity index (χ1) is 16.2. The highest BCUT2D eigenvalue weighted by Gasteiger charge is 2.15. The third-order valence-corrected chi connectivity index (χ3v) is 5.11. The molecule has 4 aromatic rings. The van der Waals surface area contributed by atoms with Crippen molar-refractivity contribution in [3.05, 3.63) is 82.9 Å². The van der Waals surface area contributed by atoms with E-state index in [4.69, 9.17) is 4.74 Å². The molecule has 2 N–H and O–H groups in total. The van der Waals surface area contributed by atoms with Crippen LogP contribution in [0.2, 0.25) is 0 Å². The van der Waals surface area contributed by atoms with Gasteiger partial charge < -0.3 is 15.4 Å². The van der Waals surface area contributed by atoms with Gasteiger partial charge >= 0.3 is 6.03 Å². The molecule has 0 unspecified atom stereocenters. The van der Waals surface area contributed by atoms with Gasteiger partial charge in [-0.1, -0.05) is 0 Å². The molecule has 2 heterocycles. The summed E-state index contributed by atoms with van der Waals surface area (Å²) in [5.74, 6) is -3.25. The number of aryl methyl sites for hydroxylation is 1. The van der Waals surface area contributed by atoms with Crippen LogP contribution in [-0.2, 0) is 0 Å². The van der Waals surface area contributed by atoms with E-state index in [1.165, 1.54) is 12.1 Å². The Morgan fingerprint density at radius 3 is 2.24 bits per heavy atom. The van der Waals surface area contributed by atoms with Gasteiger partial charge in [-0.2, -0.15) is 5.10 Å². The van der Waals surface area contributed by atoms with Crippen molar-refractivity contribution in [1.29, 1.82) is 0 Å². The second-order valence-electron chi connectivity index (χ2n) is 7.37. The van der Waals surface area contributed by atoms with Crippen molar-refractivity contribution in [2.24, 2.45) is 0 Å². The summed E-state index contributed by atoms with van der Waals surface area (Å²) in [7, 11) is 0. The summed E-state index contributed by atoms with van der Waals surface area (Å²) < 4.78 is 47.3. The molecule has 0 atom stereocenters. The number of nitrogens with zero attached hydrogens (tertiary/aromatic N) is 4. The predicted octanol–water partition coefficient (Wildman–Crippen LogP) is 5.44. The van der Waals surface area contributed by atoms with E-state index in [1.54, 1.807) is 28.9 Å². The number of ether oxygens (including phenoxy) is 1. The minimum absolute atomic E-state index is 0.259. The molecular formula is C23H19F3N6O2. The molecule has 0 bridgehead atoms. The minimum Gasteiger partial charge on any atom is -0.438 e. The molecule has 4 rings (SSSR count). The molecule has 0 aliphatic rings. The number of halogens is 3. The number of aromatic nitrogens is 4. The summed E-state index contributed by atoms with van der Waals surface area (Å²) in [6.45, 7) is 5.86. The lowest BCUT2D eigenvalue weighted by atomic mass is 10.2. The Labute approximate surface area is 192 Å². The third kappa shape index (κ3) is 4.68. The Kier molecular flexibility index (Phi) is 6.17. The highest BCUT2D eigenvalue weighted by atomic mass is 19.2. The van der Waals surface area contributed by atoms with Crippen LogP contribution in [0.4, 0.5) is 29.3 Å². The molecule has 0 radical (unpaired) electrons. The highest BCUT2D eigenvalue weighted by molar-refractivity contribution is 5.99. The second kappa shape index (κ2) is 9.22. The predicted molar refractivity (Wildman–Crippen MR) is 119 cm³/mol. The van der Waals surface area contributed by atoms with Crippen molar-refractivity contribution >= 4 is 17.4 Å². The van der Waals surface area contributed by atoms with Gasteiger partial charge in [-0.3, -0.25) is 0 Å². The standard InChI is InChI=1S/C23H19F3N6O2/c1-12-13(2)31-32(14(12)3)19-10-11-20(30-29-19)34-16-6-4-15(5-7-16)27-23(33)28-18-9-8-17(24)21(25)22(18)26/h4-11H,1-3H3,(H2,27,28,33). The average Bonchev–Trinajstić information content (AvgIpc) is 3.08. The van der Waals surface area contributed by atoms with E-state index in [1.807, 2.05) is 20.8 Å². The number of nitrogens with one attached hydrogen (secondary N) is 2. The fourth-order valence-electron chi connectivity index (χ4n) is 3.06. The van der Waals surface area contributed by atoms with Crippen LogP contribution in [0.5, 0.6) is 11.6 Å². The first kappa shape index (κ1) is 22.8. The molecule has 0 saturated carbocycles. The number of carbonyl (C=O) groups is 1. The SMILES string of the molecule is Cc1nn(-c2ccc(Oc3ccc(NC(=O)Nc4ccc(F)c(F)c4F)cc3)nn2)c(C)c1C. The zero-order chi connectivity index (χ0) is 24.4. The van der Waals surface area contributed by atoms with Crippen LogP contribution < -0.4 is 15.4 Å². The summed E-state index contributed by atoms with van der Waals surface area (Å²) in [6, 6.07) is 10.4. The zero-order valence-electron chi connectivity index (χ0n) is 18.4. The lowest BCUT2D eigenvalue weighted by Crippen LogP contribution is -2.20. The Morgan fingerprint density at radius 2 is 1.62 bits per heavy atom. The van der Waals surface area contributed by atoms with Crippen molar-refractivity contribution in [1.82, 2.24) is 20.0 Å². The molecule has 8 nitrogen and oxygen atoms in total. The lowest BCUT2D eigenvalue weighted by molar-refractivity contribution is 0.262. The number of carbonyl (C=O) groups excluding carboxylic acids is 1. The maximum atomic E-state index is 13.7. The van der Waals surface area contributed by atoms with Crippen LogP contribution in [0.25, 0.3) is 5.82 Å². The normalized spacial score (nSPS) is 10.8. The molecular weight excluding hydrogens is 449 g/mol. The van der Waals surface area contributed by atoms with Crippen LogP contribution in [0, 0.1) is 38.2 Å². The van der Waals surface area contributed by atoms with Gasteiger partial charge in [-0.25, -0.2) is 22.6 Å². The number of hydrogen-bond donors (Lipinski definition) is 2. The van der Waals surface area contributed by atoms with Gasteiger partial charge in [-0.05, 0) is 68.8 Å². The fraction of sp³-hybridized carbons (Fsp3) is 0.130. The topological polar surface area (TPSA) is 94.0 Å². The van der Waals surface area contributed by atoms with Crippen molar-refractivity contribution in [3.8, 4) is 17.4 Å². The molecule has 0 fully saturated rings. The first-order valence-corrected chi connectivity index (χ1v) is 10.1. The van der Waals surface area contributed by atoms with Gasteiger partial charge in [-0.15, -0.1) is 10.2 Å². The van der Waals surface area contributed by atoms with Gasteiger partial charge in [0.25, 0.3) is 0 Å². The van der Waals surface area contributed by atoms with Crippen molar-refractivity contribution in [3.63, 3.8) is 0 Å². The number of urea groups is 1. The molecule has 0 spiro atoms. The molecule has 0 aliphatic heterocycles. The van der Waals surface area contributed by atoms with Gasteiger partial charge in [0.15, 0.2) is 23.3 Å². The molecule has 174 valence electrons. The van der Waals surface area contributed by atoms with E-state index in [-0.39, 0.29) is 5.88 Å². The number of hydrogen-bond acceptors (Lipinski definition) is 5. The number of amides is 2. The first-order valence-electron chi connectivity index (χ1n) is 10.1. The minimum atomic E-state index is -1.67. The van der Waals surface area contributed by atoms with E-state index in [2.05, 4.69) is 25.9 Å². The molecule has 2 aromatic carbocycles. The smallest absolute Gasteiger partial charge is 0.323 e. The highest BCUT2D eigenvalue weighted by Crippen LogP contribution is 2.23. The largest absolute Gasteiger partial charge is 0.438 e. The molecule has 0 aliphatic carbocycles. The summed E-state index contributed by atoms with van der Waals surface area (Å²) in [6.07, 6.45) is 0. The van der Waals surface area contributed by atoms with Crippen molar-refractivity contribution in [2.75, 3.05) is 10.6 Å². The summed E-state index contributed by atoms with van der Waals surface area (Å²) >= 11 is 0. The van der Waals surface area contributed by atoms with Gasteiger partial charge in [0.05, 0.1) is 11.4 Å². The van der Waals surface area contributed by atoms with E-state index in [0.29, 0.717) is 23.3 Å². The van der Waals surface area contributed by atoms with E-state index in [0.717, 1.165) is 23.0 Å². The summed E-state index contributed by atoms with van der Waals surface area (Å²) in [5, 5.41) is 17.2. The second-order valence-corrected chi connectivity index (χ2v) is 7.37. The number of anilines is 2. The summed E-state index contributed by atoms with van der Waals surface area (Å²) in [5.41, 5.74) is 2.83. The van der Waals surface area contributed by atoms with Gasteiger partial charge in [0, 0.05) is 17.4 Å². The quantitative estimate of drug-likeness (QED) is 0.381. The van der Waals surface area contributed by atoms with E-state index >= 15 is 0 Å². The number of benzene rings is 2. The molecule has 11 heteroatoms. The fourth-order valence-corrected chi connectivity index (χ4v) is 3.06.